The predicted molar refractivity (Wildman–Crippen MR) is 114 cm³/mol. The summed E-state index contributed by atoms with van der Waals surface area (Å²) in [5.74, 6) is 0.242. The fourth-order valence-corrected chi connectivity index (χ4v) is 3.97. The van der Waals surface area contributed by atoms with Gasteiger partial charge in [0.2, 0.25) is 0 Å². The van der Waals surface area contributed by atoms with Crippen molar-refractivity contribution in [1.82, 2.24) is 9.97 Å². The van der Waals surface area contributed by atoms with Gasteiger partial charge in [-0.1, -0.05) is 24.3 Å². The Bertz CT molecular complexity index is 1340. The van der Waals surface area contributed by atoms with Crippen molar-refractivity contribution in [3.8, 4) is 22.8 Å². The molecule has 2 aromatic carbocycles. The van der Waals surface area contributed by atoms with Crippen LogP contribution in [0.2, 0.25) is 0 Å². The zero-order valence-electron chi connectivity index (χ0n) is 14.6. The second kappa shape index (κ2) is 6.51. The second-order valence-corrected chi connectivity index (χ2v) is 7.21. The molecule has 3 aromatic heterocycles. The fraction of sp³-hybridized carbons (Fsp3) is 0. The third kappa shape index (κ3) is 2.71. The molecule has 5 nitrogen and oxygen atoms in total. The smallest absolute Gasteiger partial charge is 0.199 e. The molecule has 0 unspecified atom stereocenters. The predicted octanol–water partition coefficient (Wildman–Crippen LogP) is 5.61. The number of rotatable bonds is 3. The van der Waals surface area contributed by atoms with Gasteiger partial charge in [-0.2, -0.15) is 11.3 Å². The van der Waals surface area contributed by atoms with Crippen molar-refractivity contribution in [2.24, 2.45) is 4.99 Å². The summed E-state index contributed by atoms with van der Waals surface area (Å²) < 4.78 is 0. The molecule has 136 valence electrons. The highest BCUT2D eigenvalue weighted by molar-refractivity contribution is 7.08. The van der Waals surface area contributed by atoms with E-state index in [1.165, 1.54) is 0 Å². The Morgan fingerprint density at radius 3 is 2.64 bits per heavy atom. The van der Waals surface area contributed by atoms with Gasteiger partial charge >= 0.3 is 0 Å². The average molecular weight is 385 g/mol. The molecular weight excluding hydrogens is 370 g/mol. The van der Waals surface area contributed by atoms with Gasteiger partial charge in [0.1, 0.15) is 11.4 Å². The molecule has 28 heavy (non-hydrogen) atoms. The van der Waals surface area contributed by atoms with Crippen LogP contribution in [0.25, 0.3) is 32.9 Å². The van der Waals surface area contributed by atoms with Gasteiger partial charge in [-0.05, 0) is 40.6 Å². The highest BCUT2D eigenvalue weighted by Crippen LogP contribution is 2.34. The minimum absolute atomic E-state index is 0.0248. The molecule has 6 heteroatoms. The number of aliphatic imine (C=N–C) groups is 1. The van der Waals surface area contributed by atoms with Crippen LogP contribution in [0.3, 0.4) is 0 Å². The zero-order valence-corrected chi connectivity index (χ0v) is 15.4. The number of aromatic amines is 1. The fourth-order valence-electron chi connectivity index (χ4n) is 3.31. The van der Waals surface area contributed by atoms with Crippen molar-refractivity contribution in [1.29, 1.82) is 0 Å². The number of thiophene rings is 1. The minimum Gasteiger partial charge on any atom is -0.507 e. The molecule has 0 bridgehead atoms. The number of nitrogens with zero attached hydrogens (tertiary/aromatic N) is 2. The monoisotopic (exact) mass is 385 g/mol. The normalized spacial score (nSPS) is 11.7. The molecule has 0 aliphatic carbocycles. The van der Waals surface area contributed by atoms with Crippen molar-refractivity contribution in [3.63, 3.8) is 0 Å². The quantitative estimate of drug-likeness (QED) is 0.353. The molecule has 0 saturated heterocycles. The molecule has 0 aliphatic heterocycles. The van der Waals surface area contributed by atoms with Crippen LogP contribution < -0.4 is 0 Å². The number of fused-ring (bicyclic) bond motifs is 2. The standard InChI is InChI=1S/C22H15N3O2S/c26-20-6-5-19(15-3-1-2-4-16(15)20)23-11-18-17-9-14(13-7-8-28-12-13)10-24-21(17)25-22(18)27/h1-12,26-27H,(H,24,25). The largest absolute Gasteiger partial charge is 0.507 e. The van der Waals surface area contributed by atoms with E-state index in [2.05, 4.69) is 20.3 Å². The van der Waals surface area contributed by atoms with Crippen LogP contribution >= 0.6 is 11.3 Å². The molecule has 0 aliphatic rings. The second-order valence-electron chi connectivity index (χ2n) is 6.43. The summed E-state index contributed by atoms with van der Waals surface area (Å²) in [5.41, 5.74) is 3.97. The number of hydrogen-bond donors (Lipinski definition) is 3. The van der Waals surface area contributed by atoms with E-state index in [4.69, 9.17) is 0 Å². The topological polar surface area (TPSA) is 81.5 Å². The van der Waals surface area contributed by atoms with Gasteiger partial charge in [0, 0.05) is 34.1 Å². The Hall–Kier alpha value is -3.64. The SMILES string of the molecule is Oc1[nH]c2ncc(-c3ccsc3)cc2c1C=Nc1ccc(O)c2ccccc12. The van der Waals surface area contributed by atoms with Crippen molar-refractivity contribution in [2.75, 3.05) is 0 Å². The third-order valence-corrected chi connectivity index (χ3v) is 5.42. The first-order valence-corrected chi connectivity index (χ1v) is 9.63. The van der Waals surface area contributed by atoms with Gasteiger partial charge in [0.15, 0.2) is 5.88 Å². The van der Waals surface area contributed by atoms with Crippen LogP contribution in [0, 0.1) is 0 Å². The zero-order chi connectivity index (χ0) is 19.1. The molecule has 0 radical (unpaired) electrons. The number of phenolic OH excluding ortho intramolecular Hbond substituents is 1. The molecule has 3 heterocycles. The molecular formula is C22H15N3O2S. The number of benzene rings is 2. The van der Waals surface area contributed by atoms with Crippen molar-refractivity contribution in [3.05, 3.63) is 71.1 Å². The lowest BCUT2D eigenvalue weighted by molar-refractivity contribution is 0.457. The Kier molecular flexibility index (Phi) is 3.84. The van der Waals surface area contributed by atoms with Gasteiger partial charge in [-0.25, -0.2) is 4.98 Å². The Balaban J connectivity index is 1.63. The first-order valence-electron chi connectivity index (χ1n) is 8.69. The van der Waals surface area contributed by atoms with Crippen LogP contribution in [0.4, 0.5) is 5.69 Å². The number of nitrogens with one attached hydrogen (secondary N) is 1. The van der Waals surface area contributed by atoms with Crippen molar-refractivity contribution >= 4 is 45.0 Å². The first-order chi connectivity index (χ1) is 13.7. The molecule has 0 saturated carbocycles. The van der Waals surface area contributed by atoms with Gasteiger partial charge in [0.25, 0.3) is 0 Å². The Labute approximate surface area is 164 Å². The Morgan fingerprint density at radius 2 is 1.82 bits per heavy atom. The first kappa shape index (κ1) is 16.5. The average Bonchev–Trinajstić information content (AvgIpc) is 3.35. The summed E-state index contributed by atoms with van der Waals surface area (Å²) in [6.45, 7) is 0. The Morgan fingerprint density at radius 1 is 0.964 bits per heavy atom. The van der Waals surface area contributed by atoms with E-state index in [-0.39, 0.29) is 11.6 Å². The van der Waals surface area contributed by atoms with Crippen LogP contribution in [-0.4, -0.2) is 26.4 Å². The van der Waals surface area contributed by atoms with Crippen LogP contribution in [0.1, 0.15) is 5.56 Å². The lowest BCUT2D eigenvalue weighted by Crippen LogP contribution is -1.83. The van der Waals surface area contributed by atoms with E-state index in [0.29, 0.717) is 16.9 Å². The van der Waals surface area contributed by atoms with Crippen LogP contribution in [-0.2, 0) is 0 Å². The number of aromatic nitrogens is 2. The molecule has 0 amide bonds. The lowest BCUT2D eigenvalue weighted by Gasteiger charge is -2.04. The lowest BCUT2D eigenvalue weighted by atomic mass is 10.1. The number of hydrogen-bond acceptors (Lipinski definition) is 5. The molecule has 5 aromatic rings. The summed E-state index contributed by atoms with van der Waals surface area (Å²) in [7, 11) is 0. The molecule has 5 rings (SSSR count). The van der Waals surface area contributed by atoms with Gasteiger partial charge < -0.3 is 15.2 Å². The molecule has 0 atom stereocenters. The number of aromatic hydroxyl groups is 2. The molecule has 3 N–H and O–H groups in total. The highest BCUT2D eigenvalue weighted by atomic mass is 32.1. The van der Waals surface area contributed by atoms with Crippen LogP contribution in [0.5, 0.6) is 11.6 Å². The van der Waals surface area contributed by atoms with E-state index >= 15 is 0 Å². The van der Waals surface area contributed by atoms with E-state index < -0.39 is 0 Å². The summed E-state index contributed by atoms with van der Waals surface area (Å²) in [4.78, 5) is 11.9. The van der Waals surface area contributed by atoms with E-state index in [1.807, 2.05) is 41.8 Å². The van der Waals surface area contributed by atoms with Crippen molar-refractivity contribution in [2.45, 2.75) is 0 Å². The maximum Gasteiger partial charge on any atom is 0.199 e. The van der Waals surface area contributed by atoms with Gasteiger partial charge in [0.05, 0.1) is 11.3 Å². The minimum atomic E-state index is 0.0248. The maximum atomic E-state index is 10.4. The summed E-state index contributed by atoms with van der Waals surface area (Å²) in [5, 5.41) is 26.9. The number of H-pyrrole nitrogens is 1. The molecule has 0 spiro atoms. The maximum absolute atomic E-state index is 10.4. The van der Waals surface area contributed by atoms with E-state index in [9.17, 15) is 10.2 Å². The van der Waals surface area contributed by atoms with Gasteiger partial charge in [-0.3, -0.25) is 4.99 Å². The summed E-state index contributed by atoms with van der Waals surface area (Å²) in [6, 6.07) is 15.0. The third-order valence-electron chi connectivity index (χ3n) is 4.74. The van der Waals surface area contributed by atoms with Crippen LogP contribution in [0.15, 0.2) is 70.5 Å². The highest BCUT2D eigenvalue weighted by Gasteiger charge is 2.12. The van der Waals surface area contributed by atoms with Crippen molar-refractivity contribution < 1.29 is 10.2 Å². The molecule has 0 fully saturated rings. The van der Waals surface area contributed by atoms with Gasteiger partial charge in [-0.15, -0.1) is 0 Å². The van der Waals surface area contributed by atoms with E-state index in [0.717, 1.165) is 27.3 Å². The van der Waals surface area contributed by atoms with E-state index in [1.54, 1.807) is 35.9 Å². The summed E-state index contributed by atoms with van der Waals surface area (Å²) >= 11 is 1.63. The summed E-state index contributed by atoms with van der Waals surface area (Å²) in [6.07, 6.45) is 3.42. The number of pyridine rings is 1. The number of phenols is 1.